The molecule has 2 unspecified atom stereocenters. The molecule has 0 saturated heterocycles. The molecule has 0 heterocycles. The van der Waals surface area contributed by atoms with E-state index in [-0.39, 0.29) is 17.7 Å². The summed E-state index contributed by atoms with van der Waals surface area (Å²) in [6.07, 6.45) is 2.31. The second-order valence-corrected chi connectivity index (χ2v) is 10.7. The molecule has 2 atom stereocenters. The van der Waals surface area contributed by atoms with Gasteiger partial charge in [0.2, 0.25) is 11.8 Å². The molecule has 1 aromatic carbocycles. The van der Waals surface area contributed by atoms with Crippen LogP contribution >= 0.6 is 0 Å². The SMILES string of the molecule is CCCCNC(=O)C(c1c(C)cccc1C)N(CCC)C(=O)C(CC(C)C)NC(=O)OC(C)(C)C. The van der Waals surface area contributed by atoms with Crippen molar-refractivity contribution in [2.24, 2.45) is 5.92 Å². The fraction of sp³-hybridized carbons (Fsp3) is 0.679. The Morgan fingerprint density at radius 1 is 1.03 bits per heavy atom. The number of nitrogens with one attached hydrogen (secondary N) is 2. The number of unbranched alkanes of at least 4 members (excludes halogenated alkanes) is 1. The number of hydrogen-bond donors (Lipinski definition) is 2. The van der Waals surface area contributed by atoms with E-state index < -0.39 is 23.8 Å². The summed E-state index contributed by atoms with van der Waals surface area (Å²) in [5.74, 6) is -0.317. The maximum absolute atomic E-state index is 14.0. The van der Waals surface area contributed by atoms with Crippen LogP contribution in [0, 0.1) is 19.8 Å². The lowest BCUT2D eigenvalue weighted by Gasteiger charge is -2.36. The lowest BCUT2D eigenvalue weighted by molar-refractivity contribution is -0.142. The number of hydrogen-bond acceptors (Lipinski definition) is 4. The van der Waals surface area contributed by atoms with Gasteiger partial charge in [-0.15, -0.1) is 0 Å². The van der Waals surface area contributed by atoms with Crippen molar-refractivity contribution in [1.82, 2.24) is 15.5 Å². The Balaban J connectivity index is 3.47. The number of nitrogens with zero attached hydrogens (tertiary/aromatic N) is 1. The van der Waals surface area contributed by atoms with Crippen LogP contribution in [0.25, 0.3) is 0 Å². The van der Waals surface area contributed by atoms with Gasteiger partial charge in [0.25, 0.3) is 0 Å². The van der Waals surface area contributed by atoms with Crippen molar-refractivity contribution in [3.63, 3.8) is 0 Å². The number of alkyl carbamates (subject to hydrolysis) is 1. The van der Waals surface area contributed by atoms with Crippen LogP contribution in [0.2, 0.25) is 0 Å². The summed E-state index contributed by atoms with van der Waals surface area (Å²) in [5.41, 5.74) is 2.06. The Hall–Kier alpha value is -2.57. The number of aryl methyl sites for hydroxylation is 2. The average molecular weight is 490 g/mol. The van der Waals surface area contributed by atoms with Crippen LogP contribution in [-0.2, 0) is 14.3 Å². The van der Waals surface area contributed by atoms with Crippen molar-refractivity contribution in [3.8, 4) is 0 Å². The molecule has 0 aliphatic rings. The van der Waals surface area contributed by atoms with E-state index in [1.54, 1.807) is 25.7 Å². The summed E-state index contributed by atoms with van der Waals surface area (Å²) < 4.78 is 5.44. The number of rotatable bonds is 12. The molecule has 0 aromatic heterocycles. The van der Waals surface area contributed by atoms with E-state index >= 15 is 0 Å². The summed E-state index contributed by atoms with van der Waals surface area (Å²) in [5, 5.41) is 5.82. The molecule has 1 aromatic rings. The monoisotopic (exact) mass is 489 g/mol. The number of carbonyl (C=O) groups is 3. The molecule has 3 amide bonds. The van der Waals surface area contributed by atoms with E-state index in [1.165, 1.54) is 0 Å². The first-order chi connectivity index (χ1) is 16.3. The van der Waals surface area contributed by atoms with Crippen LogP contribution in [0.3, 0.4) is 0 Å². The molecule has 35 heavy (non-hydrogen) atoms. The van der Waals surface area contributed by atoms with E-state index in [4.69, 9.17) is 4.74 Å². The van der Waals surface area contributed by atoms with Crippen LogP contribution < -0.4 is 10.6 Å². The lowest BCUT2D eigenvalue weighted by atomic mass is 9.93. The first-order valence-corrected chi connectivity index (χ1v) is 13.0. The zero-order chi connectivity index (χ0) is 26.8. The third-order valence-corrected chi connectivity index (χ3v) is 5.65. The molecule has 2 N–H and O–H groups in total. The Labute approximate surface area is 212 Å². The predicted molar refractivity (Wildman–Crippen MR) is 141 cm³/mol. The predicted octanol–water partition coefficient (Wildman–Crippen LogP) is 5.44. The molecule has 0 aliphatic heterocycles. The minimum Gasteiger partial charge on any atom is -0.444 e. The molecule has 0 aliphatic carbocycles. The second-order valence-electron chi connectivity index (χ2n) is 10.7. The van der Waals surface area contributed by atoms with Crippen molar-refractivity contribution in [2.45, 2.75) is 106 Å². The van der Waals surface area contributed by atoms with Gasteiger partial charge in [-0.2, -0.15) is 0 Å². The summed E-state index contributed by atoms with van der Waals surface area (Å²) in [6.45, 7) is 18.3. The van der Waals surface area contributed by atoms with Gasteiger partial charge in [0.05, 0.1) is 0 Å². The third kappa shape index (κ3) is 9.90. The highest BCUT2D eigenvalue weighted by atomic mass is 16.6. The highest BCUT2D eigenvalue weighted by Crippen LogP contribution is 2.29. The average Bonchev–Trinajstić information content (AvgIpc) is 2.72. The van der Waals surface area contributed by atoms with Crippen LogP contribution in [0.5, 0.6) is 0 Å². The number of amides is 3. The van der Waals surface area contributed by atoms with Crippen molar-refractivity contribution >= 4 is 17.9 Å². The topological polar surface area (TPSA) is 87.7 Å². The minimum atomic E-state index is -0.799. The number of benzene rings is 1. The molecule has 0 radical (unpaired) electrons. The van der Waals surface area contributed by atoms with E-state index in [2.05, 4.69) is 17.6 Å². The highest BCUT2D eigenvalue weighted by molar-refractivity contribution is 5.92. The van der Waals surface area contributed by atoms with Gasteiger partial charge < -0.3 is 20.3 Å². The molecule has 0 bridgehead atoms. The maximum Gasteiger partial charge on any atom is 0.408 e. The molecule has 198 valence electrons. The fourth-order valence-electron chi connectivity index (χ4n) is 4.12. The van der Waals surface area contributed by atoms with E-state index in [9.17, 15) is 14.4 Å². The van der Waals surface area contributed by atoms with Crippen molar-refractivity contribution < 1.29 is 19.1 Å². The summed E-state index contributed by atoms with van der Waals surface area (Å²) in [4.78, 5) is 41.8. The van der Waals surface area contributed by atoms with E-state index in [0.29, 0.717) is 25.9 Å². The van der Waals surface area contributed by atoms with E-state index in [0.717, 1.165) is 29.5 Å². The van der Waals surface area contributed by atoms with Crippen LogP contribution in [0.4, 0.5) is 4.79 Å². The first kappa shape index (κ1) is 30.5. The van der Waals surface area contributed by atoms with Gasteiger partial charge >= 0.3 is 6.09 Å². The van der Waals surface area contributed by atoms with Crippen LogP contribution in [0.15, 0.2) is 18.2 Å². The minimum absolute atomic E-state index is 0.152. The molecular weight excluding hydrogens is 442 g/mol. The summed E-state index contributed by atoms with van der Waals surface area (Å²) in [7, 11) is 0. The largest absolute Gasteiger partial charge is 0.444 e. The third-order valence-electron chi connectivity index (χ3n) is 5.65. The summed E-state index contributed by atoms with van der Waals surface area (Å²) in [6, 6.07) is 4.31. The zero-order valence-corrected chi connectivity index (χ0v) is 23.3. The Kier molecular flexibility index (Phi) is 12.3. The Morgan fingerprint density at radius 3 is 2.11 bits per heavy atom. The number of ether oxygens (including phenoxy) is 1. The molecular formula is C28H47N3O4. The van der Waals surface area contributed by atoms with Gasteiger partial charge in [0, 0.05) is 13.1 Å². The maximum atomic E-state index is 14.0. The normalized spacial score (nSPS) is 13.2. The van der Waals surface area contributed by atoms with Gasteiger partial charge in [-0.05, 0) is 76.5 Å². The molecule has 0 saturated carbocycles. The Morgan fingerprint density at radius 2 is 1.63 bits per heavy atom. The molecule has 1 rings (SSSR count). The van der Waals surface area contributed by atoms with Gasteiger partial charge in [0.1, 0.15) is 17.7 Å². The standard InChI is InChI=1S/C28H47N3O4/c1-10-12-16-29-25(32)24(23-20(5)14-13-15-21(23)6)31(17-11-2)26(33)22(18-19(3)4)30-27(34)35-28(7,8)9/h13-15,19,22,24H,10-12,16-18H2,1-9H3,(H,29,32)(H,30,34). The molecule has 0 spiro atoms. The first-order valence-electron chi connectivity index (χ1n) is 13.0. The van der Waals surface area contributed by atoms with Gasteiger partial charge in [-0.25, -0.2) is 4.79 Å². The second kappa shape index (κ2) is 14.1. The van der Waals surface area contributed by atoms with Crippen LogP contribution in [0.1, 0.15) is 96.9 Å². The molecule has 7 nitrogen and oxygen atoms in total. The van der Waals surface area contributed by atoms with Crippen LogP contribution in [-0.4, -0.2) is 47.5 Å². The Bertz CT molecular complexity index is 825. The van der Waals surface area contributed by atoms with Crippen molar-refractivity contribution in [1.29, 1.82) is 0 Å². The zero-order valence-electron chi connectivity index (χ0n) is 23.3. The van der Waals surface area contributed by atoms with E-state index in [1.807, 2.05) is 52.8 Å². The van der Waals surface area contributed by atoms with Gasteiger partial charge in [-0.3, -0.25) is 9.59 Å². The smallest absolute Gasteiger partial charge is 0.408 e. The fourth-order valence-corrected chi connectivity index (χ4v) is 4.12. The summed E-state index contributed by atoms with van der Waals surface area (Å²) >= 11 is 0. The van der Waals surface area contributed by atoms with Gasteiger partial charge in [-0.1, -0.05) is 52.3 Å². The number of carbonyl (C=O) groups excluding carboxylic acids is 3. The van der Waals surface area contributed by atoms with Crippen molar-refractivity contribution in [2.75, 3.05) is 13.1 Å². The highest BCUT2D eigenvalue weighted by Gasteiger charge is 2.37. The molecule has 0 fully saturated rings. The van der Waals surface area contributed by atoms with Crippen molar-refractivity contribution in [3.05, 3.63) is 34.9 Å². The lowest BCUT2D eigenvalue weighted by Crippen LogP contribution is -2.53. The quantitative estimate of drug-likeness (QED) is 0.383. The van der Waals surface area contributed by atoms with Gasteiger partial charge in [0.15, 0.2) is 0 Å². The molecule has 7 heteroatoms.